The Hall–Kier alpha value is -1.20. The monoisotopic (exact) mass is 252 g/mol. The standard InChI is InChI=1S/C13H24N4O/c1-11(2)9-17(5-6-18-4)13-12(7-14-3)8-15-10-16-13/h8,10-11,14H,5-7,9H2,1-4H3. The number of nitrogens with one attached hydrogen (secondary N) is 1. The smallest absolute Gasteiger partial charge is 0.136 e. The van der Waals surface area contributed by atoms with E-state index in [-0.39, 0.29) is 0 Å². The Kier molecular flexibility index (Phi) is 6.60. The van der Waals surface area contributed by atoms with E-state index < -0.39 is 0 Å². The maximum absolute atomic E-state index is 5.17. The van der Waals surface area contributed by atoms with E-state index in [2.05, 4.69) is 34.0 Å². The highest BCUT2D eigenvalue weighted by Gasteiger charge is 2.13. The van der Waals surface area contributed by atoms with Gasteiger partial charge in [0.05, 0.1) is 6.61 Å². The average Bonchev–Trinajstić information content (AvgIpc) is 2.35. The van der Waals surface area contributed by atoms with Gasteiger partial charge in [0, 0.05) is 38.5 Å². The number of rotatable bonds is 8. The Morgan fingerprint density at radius 2 is 2.22 bits per heavy atom. The van der Waals surface area contributed by atoms with Crippen LogP contribution >= 0.6 is 0 Å². The minimum absolute atomic E-state index is 0.583. The van der Waals surface area contributed by atoms with Crippen molar-refractivity contribution in [1.29, 1.82) is 0 Å². The van der Waals surface area contributed by atoms with Crippen molar-refractivity contribution in [2.24, 2.45) is 5.92 Å². The highest BCUT2D eigenvalue weighted by atomic mass is 16.5. The summed E-state index contributed by atoms with van der Waals surface area (Å²) in [4.78, 5) is 10.8. The van der Waals surface area contributed by atoms with Crippen LogP contribution in [0.15, 0.2) is 12.5 Å². The zero-order valence-corrected chi connectivity index (χ0v) is 11.8. The van der Waals surface area contributed by atoms with Crippen LogP contribution in [0.5, 0.6) is 0 Å². The molecule has 0 aliphatic carbocycles. The van der Waals surface area contributed by atoms with E-state index in [1.807, 2.05) is 13.2 Å². The Morgan fingerprint density at radius 3 is 2.83 bits per heavy atom. The Morgan fingerprint density at radius 1 is 1.44 bits per heavy atom. The Balaban J connectivity index is 2.88. The topological polar surface area (TPSA) is 50.3 Å². The van der Waals surface area contributed by atoms with E-state index in [0.29, 0.717) is 12.5 Å². The second kappa shape index (κ2) is 8.00. The first-order valence-corrected chi connectivity index (χ1v) is 6.36. The summed E-state index contributed by atoms with van der Waals surface area (Å²) in [6, 6.07) is 0. The first-order valence-electron chi connectivity index (χ1n) is 6.36. The summed E-state index contributed by atoms with van der Waals surface area (Å²) >= 11 is 0. The molecule has 1 N–H and O–H groups in total. The fourth-order valence-electron chi connectivity index (χ4n) is 1.88. The summed E-state index contributed by atoms with van der Waals surface area (Å²) < 4.78 is 5.17. The van der Waals surface area contributed by atoms with Crippen LogP contribution in [0.2, 0.25) is 0 Å². The van der Waals surface area contributed by atoms with Gasteiger partial charge in [0.25, 0.3) is 0 Å². The molecule has 5 heteroatoms. The third-order valence-electron chi connectivity index (χ3n) is 2.58. The van der Waals surface area contributed by atoms with Crippen LogP contribution < -0.4 is 10.2 Å². The maximum Gasteiger partial charge on any atom is 0.136 e. The highest BCUT2D eigenvalue weighted by molar-refractivity contribution is 5.45. The molecule has 0 bridgehead atoms. The molecule has 0 spiro atoms. The van der Waals surface area contributed by atoms with Crippen LogP contribution in [-0.4, -0.2) is 43.8 Å². The molecule has 0 saturated heterocycles. The number of hydrogen-bond acceptors (Lipinski definition) is 5. The van der Waals surface area contributed by atoms with Crippen LogP contribution in [0.4, 0.5) is 5.82 Å². The van der Waals surface area contributed by atoms with Gasteiger partial charge in [-0.1, -0.05) is 13.8 Å². The lowest BCUT2D eigenvalue weighted by Gasteiger charge is -2.27. The van der Waals surface area contributed by atoms with E-state index in [0.717, 1.165) is 31.0 Å². The largest absolute Gasteiger partial charge is 0.383 e. The predicted octanol–water partition coefficient (Wildman–Crippen LogP) is 1.30. The van der Waals surface area contributed by atoms with E-state index in [9.17, 15) is 0 Å². The Bertz CT molecular complexity index is 344. The van der Waals surface area contributed by atoms with Gasteiger partial charge >= 0.3 is 0 Å². The summed E-state index contributed by atoms with van der Waals surface area (Å²) in [5, 5.41) is 3.15. The number of ether oxygens (including phenoxy) is 1. The minimum Gasteiger partial charge on any atom is -0.383 e. The third-order valence-corrected chi connectivity index (χ3v) is 2.58. The molecule has 18 heavy (non-hydrogen) atoms. The van der Waals surface area contributed by atoms with E-state index in [4.69, 9.17) is 4.74 Å². The number of methoxy groups -OCH3 is 1. The van der Waals surface area contributed by atoms with Crippen molar-refractivity contribution in [3.05, 3.63) is 18.1 Å². The minimum atomic E-state index is 0.583. The summed E-state index contributed by atoms with van der Waals surface area (Å²) in [6.45, 7) is 7.71. The normalized spacial score (nSPS) is 10.9. The lowest BCUT2D eigenvalue weighted by atomic mass is 10.2. The molecule has 0 aliphatic heterocycles. The summed E-state index contributed by atoms with van der Waals surface area (Å²) in [5.74, 6) is 1.59. The van der Waals surface area contributed by atoms with Crippen LogP contribution in [0.3, 0.4) is 0 Å². The van der Waals surface area contributed by atoms with Gasteiger partial charge < -0.3 is 15.0 Å². The van der Waals surface area contributed by atoms with Crippen molar-refractivity contribution in [3.63, 3.8) is 0 Å². The first-order chi connectivity index (χ1) is 8.69. The molecule has 0 aliphatic rings. The second-order valence-electron chi connectivity index (χ2n) is 4.73. The average molecular weight is 252 g/mol. The van der Waals surface area contributed by atoms with Crippen LogP contribution in [0.1, 0.15) is 19.4 Å². The second-order valence-corrected chi connectivity index (χ2v) is 4.73. The van der Waals surface area contributed by atoms with Crippen molar-refractivity contribution in [3.8, 4) is 0 Å². The zero-order chi connectivity index (χ0) is 13.4. The summed E-state index contributed by atoms with van der Waals surface area (Å²) in [5.41, 5.74) is 1.12. The molecule has 102 valence electrons. The van der Waals surface area contributed by atoms with Gasteiger partial charge in [0.2, 0.25) is 0 Å². The van der Waals surface area contributed by atoms with Gasteiger partial charge in [-0.2, -0.15) is 0 Å². The first kappa shape index (κ1) is 14.9. The van der Waals surface area contributed by atoms with Crippen molar-refractivity contribution >= 4 is 5.82 Å². The maximum atomic E-state index is 5.17. The molecule has 0 atom stereocenters. The van der Waals surface area contributed by atoms with Crippen molar-refractivity contribution in [2.75, 3.05) is 38.8 Å². The van der Waals surface area contributed by atoms with Gasteiger partial charge in [0.15, 0.2) is 0 Å². The Labute approximate surface area is 110 Å². The molecule has 0 aromatic carbocycles. The number of nitrogens with zero attached hydrogens (tertiary/aromatic N) is 3. The molecular weight excluding hydrogens is 228 g/mol. The molecule has 1 rings (SSSR count). The number of aromatic nitrogens is 2. The SMILES string of the molecule is CNCc1cncnc1N(CCOC)CC(C)C. The van der Waals surface area contributed by atoms with Gasteiger partial charge in [-0.15, -0.1) is 0 Å². The summed E-state index contributed by atoms with van der Waals surface area (Å²) in [7, 11) is 3.65. The van der Waals surface area contributed by atoms with Crippen LogP contribution in [-0.2, 0) is 11.3 Å². The molecule has 1 aromatic rings. The predicted molar refractivity (Wildman–Crippen MR) is 73.7 cm³/mol. The van der Waals surface area contributed by atoms with Gasteiger partial charge in [-0.3, -0.25) is 0 Å². The lowest BCUT2D eigenvalue weighted by molar-refractivity contribution is 0.204. The van der Waals surface area contributed by atoms with Gasteiger partial charge in [-0.25, -0.2) is 9.97 Å². The van der Waals surface area contributed by atoms with E-state index in [1.54, 1.807) is 13.4 Å². The van der Waals surface area contributed by atoms with Crippen LogP contribution in [0, 0.1) is 5.92 Å². The van der Waals surface area contributed by atoms with E-state index in [1.165, 1.54) is 0 Å². The van der Waals surface area contributed by atoms with Crippen molar-refractivity contribution in [2.45, 2.75) is 20.4 Å². The molecular formula is C13H24N4O. The molecule has 0 amide bonds. The highest BCUT2D eigenvalue weighted by Crippen LogP contribution is 2.17. The molecule has 0 radical (unpaired) electrons. The van der Waals surface area contributed by atoms with Crippen molar-refractivity contribution in [1.82, 2.24) is 15.3 Å². The molecule has 1 heterocycles. The molecule has 0 unspecified atom stereocenters. The fraction of sp³-hybridized carbons (Fsp3) is 0.692. The zero-order valence-electron chi connectivity index (χ0n) is 11.8. The molecule has 5 nitrogen and oxygen atoms in total. The van der Waals surface area contributed by atoms with E-state index >= 15 is 0 Å². The van der Waals surface area contributed by atoms with Gasteiger partial charge in [-0.05, 0) is 13.0 Å². The molecule has 0 saturated carbocycles. The molecule has 1 aromatic heterocycles. The quantitative estimate of drug-likeness (QED) is 0.756. The number of hydrogen-bond donors (Lipinski definition) is 1. The third kappa shape index (κ3) is 4.58. The molecule has 0 fully saturated rings. The van der Waals surface area contributed by atoms with Crippen molar-refractivity contribution < 1.29 is 4.74 Å². The number of anilines is 1. The fourth-order valence-corrected chi connectivity index (χ4v) is 1.88. The van der Waals surface area contributed by atoms with Crippen LogP contribution in [0.25, 0.3) is 0 Å². The summed E-state index contributed by atoms with van der Waals surface area (Å²) in [6.07, 6.45) is 3.48. The lowest BCUT2D eigenvalue weighted by Crippen LogP contribution is -2.33. The van der Waals surface area contributed by atoms with Gasteiger partial charge in [0.1, 0.15) is 12.1 Å².